The van der Waals surface area contributed by atoms with E-state index in [0.29, 0.717) is 0 Å². The molecule has 2 unspecified atom stereocenters. The molecule has 2 aliphatic rings. The van der Waals surface area contributed by atoms with Crippen molar-refractivity contribution in [2.45, 2.75) is 36.8 Å². The van der Waals surface area contributed by atoms with Crippen molar-refractivity contribution in [2.24, 2.45) is 0 Å². The number of hydrogen-bond acceptors (Lipinski definition) is 7. The normalized spacial score (nSPS) is 53.5. The lowest BCUT2D eigenvalue weighted by Crippen LogP contribution is -2.59. The van der Waals surface area contributed by atoms with Crippen LogP contribution in [0.25, 0.3) is 0 Å². The first-order valence-electron chi connectivity index (χ1n) is 5.53. The van der Waals surface area contributed by atoms with Crippen LogP contribution in [0.15, 0.2) is 0 Å². The molecule has 2 heterocycles. The third-order valence-electron chi connectivity index (χ3n) is 2.61. The summed E-state index contributed by atoms with van der Waals surface area (Å²) in [6, 6.07) is 0. The largest absolute Gasteiger partial charge is 0.394 e. The summed E-state index contributed by atoms with van der Waals surface area (Å²) in [6.07, 6.45) is -7.62. The summed E-state index contributed by atoms with van der Waals surface area (Å²) in [5.74, 6) is 0. The first-order chi connectivity index (χ1) is 7.97. The van der Waals surface area contributed by atoms with E-state index >= 15 is 0 Å². The summed E-state index contributed by atoms with van der Waals surface area (Å²) in [6.45, 7) is -0.382. The van der Waals surface area contributed by atoms with Crippen LogP contribution in [-0.2, 0) is 14.2 Å². The van der Waals surface area contributed by atoms with Gasteiger partial charge in [0.1, 0.15) is 30.5 Å². The fraction of sp³-hybridized carbons (Fsp3) is 1.00. The summed E-state index contributed by atoms with van der Waals surface area (Å²) in [5, 5.41) is 37.5. The van der Waals surface area contributed by atoms with Crippen LogP contribution in [0.4, 0.5) is 0 Å². The minimum Gasteiger partial charge on any atom is -0.394 e. The van der Waals surface area contributed by atoms with E-state index in [-0.39, 0.29) is 13.2 Å². The van der Waals surface area contributed by atoms with Crippen molar-refractivity contribution in [3.05, 3.63) is 0 Å². The van der Waals surface area contributed by atoms with Gasteiger partial charge in [-0.25, -0.2) is 0 Å². The first-order valence-corrected chi connectivity index (χ1v) is 5.03. The molecule has 0 aromatic rings. The van der Waals surface area contributed by atoms with Crippen molar-refractivity contribution in [3.63, 3.8) is 0 Å². The first kappa shape index (κ1) is 10.8. The Balaban J connectivity index is 1.91. The molecular formula is C9H16O7. The highest BCUT2D eigenvalue weighted by Gasteiger charge is 2.44. The molecule has 94 valence electrons. The van der Waals surface area contributed by atoms with E-state index in [9.17, 15) is 15.3 Å². The van der Waals surface area contributed by atoms with Crippen LogP contribution in [0.3, 0.4) is 0 Å². The quantitative estimate of drug-likeness (QED) is 0.391. The van der Waals surface area contributed by atoms with Gasteiger partial charge in [0.05, 0.1) is 21.2 Å². The SMILES string of the molecule is [2H]C1(COC2O[C@H](CO)[C@H](O)[C@H](O)[C@H]2O)CO1. The van der Waals surface area contributed by atoms with Gasteiger partial charge in [0, 0.05) is 0 Å². The average molecular weight is 237 g/mol. The van der Waals surface area contributed by atoms with Crippen molar-refractivity contribution in [3.8, 4) is 0 Å². The van der Waals surface area contributed by atoms with Crippen LogP contribution >= 0.6 is 0 Å². The molecule has 0 aromatic heterocycles. The molecule has 0 spiro atoms. The lowest BCUT2D eigenvalue weighted by Gasteiger charge is -2.39. The molecule has 7 nitrogen and oxygen atoms in total. The number of hydrogen-bond donors (Lipinski definition) is 4. The van der Waals surface area contributed by atoms with Crippen LogP contribution < -0.4 is 0 Å². The second-order valence-corrected chi connectivity index (χ2v) is 3.84. The van der Waals surface area contributed by atoms with Crippen LogP contribution in [0.5, 0.6) is 0 Å². The number of epoxide rings is 1. The number of ether oxygens (including phenoxy) is 3. The Morgan fingerprint density at radius 3 is 2.50 bits per heavy atom. The Hall–Kier alpha value is -0.280. The number of aliphatic hydroxyl groups excluding tert-OH is 4. The Labute approximate surface area is 93.6 Å². The van der Waals surface area contributed by atoms with Gasteiger partial charge in [0.15, 0.2) is 6.29 Å². The zero-order valence-corrected chi connectivity index (χ0v) is 8.52. The minimum absolute atomic E-state index is 0.115. The maximum atomic E-state index is 9.59. The van der Waals surface area contributed by atoms with Crippen molar-refractivity contribution >= 4 is 0 Å². The molecule has 2 rings (SSSR count). The predicted octanol–water partition coefficient (Wildman–Crippen LogP) is -2.80. The molecule has 4 N–H and O–H groups in total. The van der Waals surface area contributed by atoms with Crippen LogP contribution in [0.2, 0.25) is 0 Å². The Kier molecular flexibility index (Phi) is 3.34. The van der Waals surface area contributed by atoms with Gasteiger partial charge in [-0.3, -0.25) is 0 Å². The summed E-state index contributed by atoms with van der Waals surface area (Å²) >= 11 is 0. The molecule has 0 saturated carbocycles. The fourth-order valence-corrected chi connectivity index (χ4v) is 1.51. The summed E-state index contributed by atoms with van der Waals surface area (Å²) in [7, 11) is 0. The highest BCUT2D eigenvalue weighted by atomic mass is 16.7. The molecule has 2 saturated heterocycles. The van der Waals surface area contributed by atoms with Crippen LogP contribution in [0.1, 0.15) is 1.37 Å². The number of rotatable bonds is 4. The lowest BCUT2D eigenvalue weighted by molar-refractivity contribution is -0.301. The maximum Gasteiger partial charge on any atom is 0.186 e. The molecule has 0 radical (unpaired) electrons. The van der Waals surface area contributed by atoms with Crippen LogP contribution in [-0.4, -0.2) is 77.0 Å². The Morgan fingerprint density at radius 1 is 1.25 bits per heavy atom. The van der Waals surface area contributed by atoms with E-state index in [0.717, 1.165) is 0 Å². The molecule has 6 atom stereocenters. The third-order valence-corrected chi connectivity index (χ3v) is 2.61. The zero-order valence-electron chi connectivity index (χ0n) is 9.52. The van der Waals surface area contributed by atoms with Crippen LogP contribution in [0, 0.1) is 0 Å². The van der Waals surface area contributed by atoms with Gasteiger partial charge in [-0.15, -0.1) is 0 Å². The molecule has 0 aliphatic carbocycles. The number of aliphatic hydroxyl groups is 4. The average Bonchev–Trinajstić information content (AvgIpc) is 3.04. The standard InChI is InChI=1S/C9H16O7/c10-1-5-6(11)7(12)8(13)9(16-5)15-3-4-2-14-4/h4-13H,1-3H2/t4?,5-,6+,7+,8-,9?/m1/s1/i4D. The zero-order chi connectivity index (χ0) is 12.6. The van der Waals surface area contributed by atoms with Gasteiger partial charge >= 0.3 is 0 Å². The summed E-state index contributed by atoms with van der Waals surface area (Å²) in [4.78, 5) is 0. The highest BCUT2D eigenvalue weighted by Crippen LogP contribution is 2.23. The molecule has 0 aromatic carbocycles. The van der Waals surface area contributed by atoms with Gasteiger partial charge in [0.2, 0.25) is 0 Å². The Bertz CT molecular complexity index is 270. The topological polar surface area (TPSA) is 112 Å². The minimum atomic E-state index is -1.47. The van der Waals surface area contributed by atoms with Crippen molar-refractivity contribution in [2.75, 3.05) is 19.8 Å². The second kappa shape index (κ2) is 4.92. The van der Waals surface area contributed by atoms with Crippen molar-refractivity contribution in [1.29, 1.82) is 0 Å². The molecule has 0 amide bonds. The maximum absolute atomic E-state index is 9.59. The Morgan fingerprint density at radius 2 is 1.94 bits per heavy atom. The van der Waals surface area contributed by atoms with E-state index in [2.05, 4.69) is 0 Å². The predicted molar refractivity (Wildman–Crippen MR) is 49.5 cm³/mol. The molecular weight excluding hydrogens is 220 g/mol. The van der Waals surface area contributed by atoms with E-state index < -0.39 is 43.4 Å². The summed E-state index contributed by atoms with van der Waals surface area (Å²) in [5.41, 5.74) is 0. The molecule has 0 bridgehead atoms. The van der Waals surface area contributed by atoms with Crippen molar-refractivity contribution < 1.29 is 36.0 Å². The van der Waals surface area contributed by atoms with Gasteiger partial charge in [-0.05, 0) is 0 Å². The van der Waals surface area contributed by atoms with Gasteiger partial charge in [0.25, 0.3) is 0 Å². The summed E-state index contributed by atoms with van der Waals surface area (Å²) < 4.78 is 22.4. The van der Waals surface area contributed by atoms with Gasteiger partial charge in [-0.1, -0.05) is 0 Å². The molecule has 2 fully saturated rings. The van der Waals surface area contributed by atoms with E-state index in [1.807, 2.05) is 0 Å². The second-order valence-electron chi connectivity index (χ2n) is 3.84. The lowest BCUT2D eigenvalue weighted by atomic mass is 9.99. The van der Waals surface area contributed by atoms with E-state index in [1.54, 1.807) is 0 Å². The van der Waals surface area contributed by atoms with Gasteiger partial charge in [-0.2, -0.15) is 0 Å². The van der Waals surface area contributed by atoms with Gasteiger partial charge < -0.3 is 34.6 Å². The van der Waals surface area contributed by atoms with E-state index in [1.165, 1.54) is 0 Å². The third kappa shape index (κ3) is 2.51. The molecule has 16 heavy (non-hydrogen) atoms. The molecule has 2 aliphatic heterocycles. The van der Waals surface area contributed by atoms with E-state index in [4.69, 9.17) is 20.7 Å². The fourth-order valence-electron chi connectivity index (χ4n) is 1.51. The smallest absolute Gasteiger partial charge is 0.186 e. The van der Waals surface area contributed by atoms with Crippen molar-refractivity contribution in [1.82, 2.24) is 0 Å². The highest BCUT2D eigenvalue weighted by molar-refractivity contribution is 4.89. The molecule has 7 heteroatoms. The monoisotopic (exact) mass is 237 g/mol.